The van der Waals surface area contributed by atoms with Gasteiger partial charge in [0.1, 0.15) is 5.75 Å². The number of hydrogen-bond acceptors (Lipinski definition) is 3. The smallest absolute Gasteiger partial charge is 0.387 e. The Labute approximate surface area is 132 Å². The van der Waals surface area contributed by atoms with Gasteiger partial charge in [-0.3, -0.25) is 9.48 Å². The maximum absolute atomic E-state index is 12.0. The second kappa shape index (κ2) is 8.67. The Balaban J connectivity index is 1.70. The number of carbonyl (C=O) groups is 1. The molecular weight excluding hydrogens is 304 g/mol. The number of aryl methyl sites for hydroxylation is 1. The fourth-order valence-corrected chi connectivity index (χ4v) is 1.88. The number of hydrogen-bond donors (Lipinski definition) is 1. The Morgan fingerprint density at radius 1 is 1.35 bits per heavy atom. The molecule has 122 valence electrons. The van der Waals surface area contributed by atoms with Gasteiger partial charge in [-0.05, 0) is 36.3 Å². The molecule has 0 saturated heterocycles. The zero-order chi connectivity index (χ0) is 16.5. The zero-order valence-corrected chi connectivity index (χ0v) is 12.4. The van der Waals surface area contributed by atoms with Crippen LogP contribution in [0.15, 0.2) is 48.8 Å². The van der Waals surface area contributed by atoms with E-state index >= 15 is 0 Å². The van der Waals surface area contributed by atoms with Crippen LogP contribution >= 0.6 is 0 Å². The molecule has 1 aromatic carbocycles. The van der Waals surface area contributed by atoms with Crippen molar-refractivity contribution in [3.05, 3.63) is 54.4 Å². The van der Waals surface area contributed by atoms with Gasteiger partial charge in [-0.25, -0.2) is 0 Å². The summed E-state index contributed by atoms with van der Waals surface area (Å²) in [6.45, 7) is -1.56. The van der Waals surface area contributed by atoms with Gasteiger partial charge in [-0.15, -0.1) is 0 Å². The molecule has 1 amide bonds. The highest BCUT2D eigenvalue weighted by atomic mass is 19.3. The van der Waals surface area contributed by atoms with Gasteiger partial charge in [0.25, 0.3) is 0 Å². The van der Waals surface area contributed by atoms with Gasteiger partial charge in [0.15, 0.2) is 0 Å². The van der Waals surface area contributed by atoms with Crippen LogP contribution < -0.4 is 10.1 Å². The van der Waals surface area contributed by atoms with Crippen molar-refractivity contribution in [3.8, 4) is 5.75 Å². The lowest BCUT2D eigenvalue weighted by molar-refractivity contribution is -0.116. The number of nitrogens with one attached hydrogen (secondary N) is 1. The summed E-state index contributed by atoms with van der Waals surface area (Å²) < 4.78 is 30.1. The summed E-state index contributed by atoms with van der Waals surface area (Å²) in [6, 6.07) is 7.89. The van der Waals surface area contributed by atoms with Crippen LogP contribution in [0.25, 0.3) is 6.08 Å². The van der Waals surface area contributed by atoms with Crippen molar-refractivity contribution in [1.82, 2.24) is 15.1 Å². The van der Waals surface area contributed by atoms with E-state index in [0.29, 0.717) is 6.54 Å². The first-order valence-corrected chi connectivity index (χ1v) is 7.12. The van der Waals surface area contributed by atoms with Crippen LogP contribution in [0, 0.1) is 0 Å². The van der Waals surface area contributed by atoms with Crippen molar-refractivity contribution in [3.63, 3.8) is 0 Å². The number of alkyl halides is 2. The van der Waals surface area contributed by atoms with Crippen LogP contribution in [-0.2, 0) is 11.3 Å². The summed E-state index contributed by atoms with van der Waals surface area (Å²) in [7, 11) is 0. The van der Waals surface area contributed by atoms with Crippen molar-refractivity contribution in [2.45, 2.75) is 19.6 Å². The monoisotopic (exact) mass is 321 g/mol. The number of amides is 1. The van der Waals surface area contributed by atoms with E-state index in [1.54, 1.807) is 29.1 Å². The SMILES string of the molecule is O=C(/C=C\c1ccc(OC(F)F)cc1)NCCCn1cccn1. The standard InChI is InChI=1S/C16H17F2N3O2/c17-16(18)23-14-6-3-13(4-7-14)5-8-15(22)19-9-1-11-21-12-2-10-20-21/h2-8,10,12,16H,1,9,11H2,(H,19,22)/b8-5-. The highest BCUT2D eigenvalue weighted by molar-refractivity contribution is 5.91. The van der Waals surface area contributed by atoms with E-state index in [-0.39, 0.29) is 11.7 Å². The normalized spacial score (nSPS) is 11.1. The molecule has 7 heteroatoms. The van der Waals surface area contributed by atoms with Crippen molar-refractivity contribution in [2.24, 2.45) is 0 Å². The Morgan fingerprint density at radius 3 is 2.78 bits per heavy atom. The predicted molar refractivity (Wildman–Crippen MR) is 82.0 cm³/mol. The molecular formula is C16H17F2N3O2. The molecule has 23 heavy (non-hydrogen) atoms. The highest BCUT2D eigenvalue weighted by Crippen LogP contribution is 2.15. The van der Waals surface area contributed by atoms with Crippen LogP contribution in [0.3, 0.4) is 0 Å². The van der Waals surface area contributed by atoms with Crippen molar-refractivity contribution < 1.29 is 18.3 Å². The molecule has 0 aliphatic heterocycles. The first-order chi connectivity index (χ1) is 11.1. The Morgan fingerprint density at radius 2 is 2.13 bits per heavy atom. The van der Waals surface area contributed by atoms with Crippen LogP contribution in [0.1, 0.15) is 12.0 Å². The van der Waals surface area contributed by atoms with E-state index in [0.717, 1.165) is 18.5 Å². The Hall–Kier alpha value is -2.70. The zero-order valence-electron chi connectivity index (χ0n) is 12.4. The Kier molecular flexibility index (Phi) is 6.28. The largest absolute Gasteiger partial charge is 0.435 e. The molecule has 0 spiro atoms. The van der Waals surface area contributed by atoms with Crippen LogP contribution in [0.4, 0.5) is 8.78 Å². The van der Waals surface area contributed by atoms with Gasteiger partial charge < -0.3 is 10.1 Å². The molecule has 0 bridgehead atoms. The van der Waals surface area contributed by atoms with E-state index in [2.05, 4.69) is 15.2 Å². The van der Waals surface area contributed by atoms with Gasteiger partial charge in [0.05, 0.1) is 0 Å². The molecule has 1 aromatic heterocycles. The highest BCUT2D eigenvalue weighted by Gasteiger charge is 2.03. The number of benzene rings is 1. The van der Waals surface area contributed by atoms with E-state index < -0.39 is 6.61 Å². The van der Waals surface area contributed by atoms with Crippen molar-refractivity contribution >= 4 is 12.0 Å². The number of ether oxygens (including phenoxy) is 1. The van der Waals surface area contributed by atoms with Crippen LogP contribution in [0.5, 0.6) is 5.75 Å². The van der Waals surface area contributed by atoms with E-state index in [1.165, 1.54) is 18.2 Å². The third-order valence-corrected chi connectivity index (χ3v) is 2.95. The van der Waals surface area contributed by atoms with E-state index in [9.17, 15) is 13.6 Å². The van der Waals surface area contributed by atoms with Crippen molar-refractivity contribution in [2.75, 3.05) is 6.54 Å². The maximum atomic E-state index is 12.0. The maximum Gasteiger partial charge on any atom is 0.387 e. The first kappa shape index (κ1) is 16.7. The third kappa shape index (κ3) is 6.29. The minimum absolute atomic E-state index is 0.0835. The van der Waals surface area contributed by atoms with Gasteiger partial charge in [0, 0.05) is 31.6 Å². The molecule has 2 aromatic rings. The van der Waals surface area contributed by atoms with E-state index in [1.807, 2.05) is 12.3 Å². The minimum atomic E-state index is -2.84. The lowest BCUT2D eigenvalue weighted by Gasteiger charge is -2.04. The fraction of sp³-hybridized carbons (Fsp3) is 0.250. The molecule has 5 nitrogen and oxygen atoms in total. The second-order valence-corrected chi connectivity index (χ2v) is 4.69. The van der Waals surface area contributed by atoms with Gasteiger partial charge >= 0.3 is 6.61 Å². The number of aromatic nitrogens is 2. The lowest BCUT2D eigenvalue weighted by atomic mass is 10.2. The summed E-state index contributed by atoms with van der Waals surface area (Å²) in [4.78, 5) is 11.6. The molecule has 0 radical (unpaired) electrons. The third-order valence-electron chi connectivity index (χ3n) is 2.95. The van der Waals surface area contributed by atoms with Gasteiger partial charge in [0.2, 0.25) is 5.91 Å². The number of rotatable bonds is 8. The fourth-order valence-electron chi connectivity index (χ4n) is 1.88. The molecule has 1 N–H and O–H groups in total. The van der Waals surface area contributed by atoms with Gasteiger partial charge in [-0.1, -0.05) is 12.1 Å². The van der Waals surface area contributed by atoms with Crippen molar-refractivity contribution in [1.29, 1.82) is 0 Å². The predicted octanol–water partition coefficient (Wildman–Crippen LogP) is 2.70. The minimum Gasteiger partial charge on any atom is -0.435 e. The first-order valence-electron chi connectivity index (χ1n) is 7.12. The molecule has 0 aliphatic rings. The molecule has 1 heterocycles. The number of halogens is 2. The molecule has 0 fully saturated rings. The molecule has 0 saturated carbocycles. The summed E-state index contributed by atoms with van der Waals surface area (Å²) in [5.74, 6) is -0.126. The second-order valence-electron chi connectivity index (χ2n) is 4.69. The Bertz CT molecular complexity index is 625. The van der Waals surface area contributed by atoms with Gasteiger partial charge in [-0.2, -0.15) is 13.9 Å². The average Bonchev–Trinajstić information content (AvgIpc) is 3.04. The van der Waals surface area contributed by atoms with E-state index in [4.69, 9.17) is 0 Å². The van der Waals surface area contributed by atoms with Crippen LogP contribution in [-0.4, -0.2) is 28.8 Å². The summed E-state index contributed by atoms with van der Waals surface area (Å²) in [5, 5.41) is 6.83. The summed E-state index contributed by atoms with van der Waals surface area (Å²) in [5.41, 5.74) is 0.721. The number of carbonyl (C=O) groups excluding carboxylic acids is 1. The molecule has 0 unspecified atom stereocenters. The molecule has 0 aliphatic carbocycles. The lowest BCUT2D eigenvalue weighted by Crippen LogP contribution is -2.23. The molecule has 0 atom stereocenters. The molecule has 2 rings (SSSR count). The van der Waals surface area contributed by atoms with Crippen LogP contribution in [0.2, 0.25) is 0 Å². The average molecular weight is 321 g/mol. The topological polar surface area (TPSA) is 56.1 Å². The number of nitrogens with zero attached hydrogens (tertiary/aromatic N) is 2. The summed E-state index contributed by atoms with van der Waals surface area (Å²) >= 11 is 0. The summed E-state index contributed by atoms with van der Waals surface area (Å²) in [6.07, 6.45) is 7.36. The quantitative estimate of drug-likeness (QED) is 0.601.